The monoisotopic (exact) mass is 438 g/mol. The van der Waals surface area contributed by atoms with Gasteiger partial charge in [-0.15, -0.1) is 0 Å². The van der Waals surface area contributed by atoms with Gasteiger partial charge in [0.05, 0.1) is 7.11 Å². The van der Waals surface area contributed by atoms with Crippen molar-refractivity contribution in [3.05, 3.63) is 59.7 Å². The van der Waals surface area contributed by atoms with Crippen molar-refractivity contribution in [1.82, 2.24) is 10.2 Å². The third-order valence-electron chi connectivity index (χ3n) is 6.78. The summed E-state index contributed by atoms with van der Waals surface area (Å²) in [6, 6.07) is 16.8. The zero-order chi connectivity index (χ0) is 22.2. The Labute approximate surface area is 192 Å². The molecule has 1 atom stereocenters. The number of β-amino-alcohol motifs (C(OH)–C–C–N with tert-alkyl or cyclic N) is 1. The van der Waals surface area contributed by atoms with Gasteiger partial charge in [-0.2, -0.15) is 0 Å². The molecule has 2 fully saturated rings. The number of hydrogen-bond donors (Lipinski definition) is 2. The van der Waals surface area contributed by atoms with Gasteiger partial charge in [0.2, 0.25) is 0 Å². The number of aliphatic hydroxyl groups is 1. The van der Waals surface area contributed by atoms with Crippen molar-refractivity contribution in [3.8, 4) is 11.5 Å². The summed E-state index contributed by atoms with van der Waals surface area (Å²) in [5.41, 5.74) is 2.64. The summed E-state index contributed by atoms with van der Waals surface area (Å²) >= 11 is 0. The summed E-state index contributed by atoms with van der Waals surface area (Å²) in [6.45, 7) is 3.88. The van der Waals surface area contributed by atoms with Crippen LogP contribution in [0.5, 0.6) is 11.5 Å². The van der Waals surface area contributed by atoms with Crippen LogP contribution in [0.25, 0.3) is 0 Å². The van der Waals surface area contributed by atoms with E-state index in [1.165, 1.54) is 50.5 Å². The quantitative estimate of drug-likeness (QED) is 0.573. The minimum atomic E-state index is -0.499. The summed E-state index contributed by atoms with van der Waals surface area (Å²) in [7, 11) is 1.67. The zero-order valence-electron chi connectivity index (χ0n) is 19.4. The van der Waals surface area contributed by atoms with Gasteiger partial charge in [-0.05, 0) is 62.0 Å². The van der Waals surface area contributed by atoms with E-state index in [0.29, 0.717) is 18.0 Å². The van der Waals surface area contributed by atoms with Crippen molar-refractivity contribution < 1.29 is 14.6 Å². The van der Waals surface area contributed by atoms with Gasteiger partial charge in [0.25, 0.3) is 0 Å². The molecule has 1 unspecified atom stereocenters. The molecule has 0 bridgehead atoms. The van der Waals surface area contributed by atoms with Crippen LogP contribution in [0.1, 0.15) is 56.1 Å². The lowest BCUT2D eigenvalue weighted by atomic mass is 10.0. The fourth-order valence-electron chi connectivity index (χ4n) is 4.69. The van der Waals surface area contributed by atoms with Crippen molar-refractivity contribution in [1.29, 1.82) is 0 Å². The first kappa shape index (κ1) is 23.1. The molecule has 1 saturated carbocycles. The molecule has 5 nitrogen and oxygen atoms in total. The van der Waals surface area contributed by atoms with E-state index in [4.69, 9.17) is 9.47 Å². The summed E-state index contributed by atoms with van der Waals surface area (Å²) in [6.07, 6.45) is 8.24. The predicted molar refractivity (Wildman–Crippen MR) is 128 cm³/mol. The molecule has 5 heteroatoms. The molecule has 32 heavy (non-hydrogen) atoms. The maximum Gasteiger partial charge on any atom is 0.161 e. The standard InChI is InChI=1S/C27H38N2O3/c1-31-26-18-22(19-28-27(14-15-27)23-10-6-5-7-11-23)12-13-25(26)32-21-24(30)20-29-16-8-3-2-4-9-17-29/h5-7,10-13,18,24,28,30H,2-4,8-9,14-17,19-21H2,1H3. The molecule has 0 spiro atoms. The maximum atomic E-state index is 10.5. The molecule has 1 heterocycles. The van der Waals surface area contributed by atoms with Gasteiger partial charge in [-0.1, -0.05) is 55.7 Å². The first-order valence-corrected chi connectivity index (χ1v) is 12.2. The second kappa shape index (κ2) is 11.2. The van der Waals surface area contributed by atoms with E-state index in [2.05, 4.69) is 46.6 Å². The van der Waals surface area contributed by atoms with Gasteiger partial charge in [-0.3, -0.25) is 0 Å². The van der Waals surface area contributed by atoms with Crippen molar-refractivity contribution in [2.75, 3.05) is 33.4 Å². The molecule has 2 aromatic carbocycles. The number of nitrogens with zero attached hydrogens (tertiary/aromatic N) is 1. The first-order valence-electron chi connectivity index (χ1n) is 12.2. The van der Waals surface area contributed by atoms with E-state index >= 15 is 0 Å². The molecule has 2 aromatic rings. The largest absolute Gasteiger partial charge is 0.493 e. The summed E-state index contributed by atoms with van der Waals surface area (Å²) < 4.78 is 11.5. The molecule has 0 radical (unpaired) electrons. The zero-order valence-corrected chi connectivity index (χ0v) is 19.4. The van der Waals surface area contributed by atoms with E-state index in [1.807, 2.05) is 12.1 Å². The first-order chi connectivity index (χ1) is 15.7. The molecule has 1 saturated heterocycles. The lowest BCUT2D eigenvalue weighted by Gasteiger charge is -2.26. The molecular formula is C27H38N2O3. The number of methoxy groups -OCH3 is 1. The van der Waals surface area contributed by atoms with Crippen LogP contribution in [-0.2, 0) is 12.1 Å². The van der Waals surface area contributed by atoms with E-state index in [9.17, 15) is 5.11 Å². The summed E-state index contributed by atoms with van der Waals surface area (Å²) in [5, 5.41) is 14.3. The average molecular weight is 439 g/mol. The molecule has 174 valence electrons. The third-order valence-corrected chi connectivity index (χ3v) is 6.78. The van der Waals surface area contributed by atoms with Crippen LogP contribution in [0.2, 0.25) is 0 Å². The maximum absolute atomic E-state index is 10.5. The Kier molecular flexibility index (Phi) is 8.06. The molecule has 4 rings (SSSR count). The number of ether oxygens (including phenoxy) is 2. The van der Waals surface area contributed by atoms with Crippen LogP contribution >= 0.6 is 0 Å². The highest BCUT2D eigenvalue weighted by molar-refractivity contribution is 5.43. The highest BCUT2D eigenvalue weighted by Crippen LogP contribution is 2.45. The van der Waals surface area contributed by atoms with Gasteiger partial charge in [0.15, 0.2) is 11.5 Å². The topological polar surface area (TPSA) is 54.0 Å². The SMILES string of the molecule is COc1cc(CNC2(c3ccccc3)CC2)ccc1OCC(O)CN1CCCCCCC1. The Hall–Kier alpha value is -2.08. The minimum absolute atomic E-state index is 0.111. The Balaban J connectivity index is 1.28. The number of likely N-dealkylation sites (tertiary alicyclic amines) is 1. The lowest BCUT2D eigenvalue weighted by Crippen LogP contribution is -2.37. The van der Waals surface area contributed by atoms with Gasteiger partial charge < -0.3 is 24.8 Å². The van der Waals surface area contributed by atoms with Crippen molar-refractivity contribution >= 4 is 0 Å². The van der Waals surface area contributed by atoms with Gasteiger partial charge in [-0.25, -0.2) is 0 Å². The number of nitrogens with one attached hydrogen (secondary N) is 1. The molecule has 1 aliphatic heterocycles. The number of hydrogen-bond acceptors (Lipinski definition) is 5. The van der Waals surface area contributed by atoms with Crippen LogP contribution in [0, 0.1) is 0 Å². The third kappa shape index (κ3) is 6.25. The van der Waals surface area contributed by atoms with Gasteiger partial charge >= 0.3 is 0 Å². The normalized spacial score (nSPS) is 19.6. The number of benzene rings is 2. The fraction of sp³-hybridized carbons (Fsp3) is 0.556. The fourth-order valence-corrected chi connectivity index (χ4v) is 4.69. The Morgan fingerprint density at radius 2 is 1.69 bits per heavy atom. The molecular weight excluding hydrogens is 400 g/mol. The van der Waals surface area contributed by atoms with Crippen LogP contribution in [0.15, 0.2) is 48.5 Å². The molecule has 2 aliphatic rings. The smallest absolute Gasteiger partial charge is 0.161 e. The van der Waals surface area contributed by atoms with E-state index in [0.717, 1.165) is 25.2 Å². The molecule has 1 aliphatic carbocycles. The van der Waals surface area contributed by atoms with Crippen LogP contribution in [-0.4, -0.2) is 49.5 Å². The Morgan fingerprint density at radius 3 is 2.38 bits per heavy atom. The van der Waals surface area contributed by atoms with E-state index < -0.39 is 6.10 Å². The Morgan fingerprint density at radius 1 is 0.969 bits per heavy atom. The second-order valence-electron chi connectivity index (χ2n) is 9.32. The summed E-state index contributed by atoms with van der Waals surface area (Å²) in [4.78, 5) is 2.37. The number of aliphatic hydroxyl groups excluding tert-OH is 1. The van der Waals surface area contributed by atoms with Crippen molar-refractivity contribution in [2.45, 2.75) is 63.1 Å². The van der Waals surface area contributed by atoms with Gasteiger partial charge in [0, 0.05) is 18.6 Å². The second-order valence-corrected chi connectivity index (χ2v) is 9.32. The number of rotatable bonds is 10. The molecule has 0 amide bonds. The van der Waals surface area contributed by atoms with E-state index in [-0.39, 0.29) is 12.1 Å². The highest BCUT2D eigenvalue weighted by Gasteiger charge is 2.43. The predicted octanol–water partition coefficient (Wildman–Crippen LogP) is 4.48. The van der Waals surface area contributed by atoms with Crippen LogP contribution in [0.4, 0.5) is 0 Å². The van der Waals surface area contributed by atoms with Crippen molar-refractivity contribution in [3.63, 3.8) is 0 Å². The molecule has 2 N–H and O–H groups in total. The highest BCUT2D eigenvalue weighted by atomic mass is 16.5. The minimum Gasteiger partial charge on any atom is -0.493 e. The average Bonchev–Trinajstić information content (AvgIpc) is 3.60. The van der Waals surface area contributed by atoms with E-state index in [1.54, 1.807) is 7.11 Å². The van der Waals surface area contributed by atoms with Gasteiger partial charge in [0.1, 0.15) is 12.7 Å². The van der Waals surface area contributed by atoms with Crippen LogP contribution in [0.3, 0.4) is 0 Å². The summed E-state index contributed by atoms with van der Waals surface area (Å²) in [5.74, 6) is 1.40. The lowest BCUT2D eigenvalue weighted by molar-refractivity contribution is 0.0645. The molecule has 0 aromatic heterocycles. The van der Waals surface area contributed by atoms with Crippen molar-refractivity contribution in [2.24, 2.45) is 0 Å². The van der Waals surface area contributed by atoms with Crippen LogP contribution < -0.4 is 14.8 Å². The Bertz CT molecular complexity index is 830.